The molecule has 1 aromatic carbocycles. The van der Waals surface area contributed by atoms with Gasteiger partial charge in [0.1, 0.15) is 0 Å². The highest BCUT2D eigenvalue weighted by Gasteiger charge is 2.02. The van der Waals surface area contributed by atoms with Gasteiger partial charge in [-0.1, -0.05) is 27.3 Å². The topological polar surface area (TPSA) is 50.9 Å². The first-order valence-electron chi connectivity index (χ1n) is 4.29. The molecule has 1 aromatic heterocycles. The predicted molar refractivity (Wildman–Crippen MR) is 64.9 cm³/mol. The molecular formula is C9H10BrN3S. The van der Waals surface area contributed by atoms with Crippen LogP contribution in [0.2, 0.25) is 0 Å². The zero-order chi connectivity index (χ0) is 9.97. The van der Waals surface area contributed by atoms with Crippen LogP contribution in [0.5, 0.6) is 0 Å². The van der Waals surface area contributed by atoms with E-state index in [4.69, 9.17) is 5.73 Å². The van der Waals surface area contributed by atoms with Gasteiger partial charge in [0.15, 0.2) is 5.13 Å². The van der Waals surface area contributed by atoms with Gasteiger partial charge in [-0.2, -0.15) is 0 Å². The van der Waals surface area contributed by atoms with E-state index in [-0.39, 0.29) is 0 Å². The second kappa shape index (κ2) is 4.25. The van der Waals surface area contributed by atoms with E-state index < -0.39 is 0 Å². The van der Waals surface area contributed by atoms with Crippen LogP contribution in [0.15, 0.2) is 22.7 Å². The lowest BCUT2D eigenvalue weighted by atomic mass is 10.3. The van der Waals surface area contributed by atoms with Gasteiger partial charge in [0.05, 0.1) is 10.2 Å². The molecule has 0 unspecified atom stereocenters. The fraction of sp³-hybridized carbons (Fsp3) is 0.222. The zero-order valence-corrected chi connectivity index (χ0v) is 9.86. The van der Waals surface area contributed by atoms with Crippen molar-refractivity contribution < 1.29 is 0 Å². The number of nitrogens with two attached hydrogens (primary N) is 1. The molecule has 1 heterocycles. The number of nitrogens with one attached hydrogen (secondary N) is 1. The molecule has 14 heavy (non-hydrogen) atoms. The maximum absolute atomic E-state index is 5.40. The highest BCUT2D eigenvalue weighted by atomic mass is 79.9. The molecule has 3 nitrogen and oxygen atoms in total. The summed E-state index contributed by atoms with van der Waals surface area (Å²) >= 11 is 5.08. The molecule has 0 aliphatic rings. The molecule has 5 heteroatoms. The molecule has 2 rings (SSSR count). The van der Waals surface area contributed by atoms with Gasteiger partial charge in [-0.15, -0.1) is 0 Å². The molecule has 3 N–H and O–H groups in total. The van der Waals surface area contributed by atoms with E-state index in [9.17, 15) is 0 Å². The number of fused-ring (bicyclic) bond motifs is 1. The first-order chi connectivity index (χ1) is 6.79. The summed E-state index contributed by atoms with van der Waals surface area (Å²) < 4.78 is 2.26. The molecule has 0 bridgehead atoms. The van der Waals surface area contributed by atoms with Crippen molar-refractivity contribution in [3.05, 3.63) is 22.7 Å². The van der Waals surface area contributed by atoms with E-state index in [1.807, 2.05) is 12.1 Å². The van der Waals surface area contributed by atoms with Crippen LogP contribution in [0.3, 0.4) is 0 Å². The number of anilines is 1. The Morgan fingerprint density at radius 3 is 3.14 bits per heavy atom. The number of nitrogens with zero attached hydrogens (tertiary/aromatic N) is 1. The molecule has 0 aliphatic carbocycles. The SMILES string of the molecule is NCCNc1nc2ccc(Br)cc2s1. The Labute approximate surface area is 94.5 Å². The van der Waals surface area contributed by atoms with Crippen LogP contribution in [0.4, 0.5) is 5.13 Å². The summed E-state index contributed by atoms with van der Waals surface area (Å²) in [6.45, 7) is 1.39. The van der Waals surface area contributed by atoms with Gasteiger partial charge in [0.25, 0.3) is 0 Å². The first kappa shape index (κ1) is 9.89. The summed E-state index contributed by atoms with van der Waals surface area (Å²) in [7, 11) is 0. The van der Waals surface area contributed by atoms with Gasteiger partial charge < -0.3 is 11.1 Å². The number of thiazole rings is 1. The van der Waals surface area contributed by atoms with E-state index in [1.54, 1.807) is 11.3 Å². The lowest BCUT2D eigenvalue weighted by Gasteiger charge is -1.95. The van der Waals surface area contributed by atoms with E-state index in [0.29, 0.717) is 6.54 Å². The Morgan fingerprint density at radius 2 is 2.36 bits per heavy atom. The second-order valence-corrected chi connectivity index (χ2v) is 4.79. The Morgan fingerprint density at radius 1 is 1.50 bits per heavy atom. The maximum Gasteiger partial charge on any atom is 0.183 e. The lowest BCUT2D eigenvalue weighted by molar-refractivity contribution is 1.02. The van der Waals surface area contributed by atoms with Crippen molar-refractivity contribution in [2.75, 3.05) is 18.4 Å². The average molecular weight is 272 g/mol. The van der Waals surface area contributed by atoms with Crippen LogP contribution >= 0.6 is 27.3 Å². The standard InChI is InChI=1S/C9H10BrN3S/c10-6-1-2-7-8(5-6)14-9(13-7)12-4-3-11/h1-2,5H,3-4,11H2,(H,12,13). The third-order valence-electron chi connectivity index (χ3n) is 1.77. The number of benzene rings is 1. The average Bonchev–Trinajstić information content (AvgIpc) is 2.56. The molecule has 0 spiro atoms. The summed E-state index contributed by atoms with van der Waals surface area (Å²) in [6, 6.07) is 6.07. The molecule has 0 atom stereocenters. The normalized spacial score (nSPS) is 10.7. The molecule has 0 aliphatic heterocycles. The maximum atomic E-state index is 5.40. The van der Waals surface area contributed by atoms with Gasteiger partial charge in [-0.25, -0.2) is 4.98 Å². The monoisotopic (exact) mass is 271 g/mol. The van der Waals surface area contributed by atoms with Crippen molar-refractivity contribution in [3.63, 3.8) is 0 Å². The Kier molecular flexibility index (Phi) is 3.00. The van der Waals surface area contributed by atoms with Gasteiger partial charge in [-0.05, 0) is 18.2 Å². The second-order valence-electron chi connectivity index (χ2n) is 2.85. The Bertz CT molecular complexity index is 441. The minimum Gasteiger partial charge on any atom is -0.360 e. The number of rotatable bonds is 3. The summed E-state index contributed by atoms with van der Waals surface area (Å²) in [5, 5.41) is 4.10. The number of hydrogen-bond acceptors (Lipinski definition) is 4. The summed E-state index contributed by atoms with van der Waals surface area (Å²) in [6.07, 6.45) is 0. The minimum absolute atomic E-state index is 0.625. The van der Waals surface area contributed by atoms with E-state index in [1.165, 1.54) is 4.70 Å². The molecule has 0 saturated carbocycles. The third kappa shape index (κ3) is 2.05. The predicted octanol–water partition coefficient (Wildman–Crippen LogP) is 2.43. The zero-order valence-electron chi connectivity index (χ0n) is 7.46. The third-order valence-corrected chi connectivity index (χ3v) is 3.24. The number of halogens is 1. The van der Waals surface area contributed by atoms with Crippen molar-refractivity contribution in [2.24, 2.45) is 5.73 Å². The van der Waals surface area contributed by atoms with Crippen LogP contribution < -0.4 is 11.1 Å². The first-order valence-corrected chi connectivity index (χ1v) is 5.90. The highest BCUT2D eigenvalue weighted by Crippen LogP contribution is 2.28. The smallest absolute Gasteiger partial charge is 0.183 e. The molecule has 0 amide bonds. The van der Waals surface area contributed by atoms with Crippen molar-refractivity contribution in [1.29, 1.82) is 0 Å². The largest absolute Gasteiger partial charge is 0.360 e. The molecule has 74 valence electrons. The van der Waals surface area contributed by atoms with E-state index in [0.717, 1.165) is 21.7 Å². The number of hydrogen-bond donors (Lipinski definition) is 2. The molecular weight excluding hydrogens is 262 g/mol. The highest BCUT2D eigenvalue weighted by molar-refractivity contribution is 9.10. The quantitative estimate of drug-likeness (QED) is 0.902. The van der Waals surface area contributed by atoms with Crippen LogP contribution in [-0.4, -0.2) is 18.1 Å². The van der Waals surface area contributed by atoms with E-state index in [2.05, 4.69) is 32.3 Å². The minimum atomic E-state index is 0.625. The van der Waals surface area contributed by atoms with Crippen LogP contribution in [0, 0.1) is 0 Å². The van der Waals surface area contributed by atoms with E-state index >= 15 is 0 Å². The molecule has 0 radical (unpaired) electrons. The summed E-state index contributed by atoms with van der Waals surface area (Å²) in [4.78, 5) is 4.42. The van der Waals surface area contributed by atoms with Crippen molar-refractivity contribution in [1.82, 2.24) is 4.98 Å². The van der Waals surface area contributed by atoms with Gasteiger partial charge in [-0.3, -0.25) is 0 Å². The fourth-order valence-electron chi connectivity index (χ4n) is 1.15. The fourth-order valence-corrected chi connectivity index (χ4v) is 2.60. The van der Waals surface area contributed by atoms with Crippen LogP contribution in [0.1, 0.15) is 0 Å². The van der Waals surface area contributed by atoms with Crippen LogP contribution in [-0.2, 0) is 0 Å². The van der Waals surface area contributed by atoms with Gasteiger partial charge in [0.2, 0.25) is 0 Å². The molecule has 2 aromatic rings. The van der Waals surface area contributed by atoms with Gasteiger partial charge >= 0.3 is 0 Å². The molecule has 0 saturated heterocycles. The van der Waals surface area contributed by atoms with Crippen molar-refractivity contribution >= 4 is 42.6 Å². The lowest BCUT2D eigenvalue weighted by Crippen LogP contribution is -2.12. The summed E-state index contributed by atoms with van der Waals surface area (Å²) in [5.74, 6) is 0. The Balaban J connectivity index is 2.32. The molecule has 0 fully saturated rings. The summed E-state index contributed by atoms with van der Waals surface area (Å²) in [5.41, 5.74) is 6.43. The Hall–Kier alpha value is -0.650. The van der Waals surface area contributed by atoms with Crippen LogP contribution in [0.25, 0.3) is 10.2 Å². The van der Waals surface area contributed by atoms with Crippen molar-refractivity contribution in [2.45, 2.75) is 0 Å². The van der Waals surface area contributed by atoms with Crippen molar-refractivity contribution in [3.8, 4) is 0 Å². The van der Waals surface area contributed by atoms with Gasteiger partial charge in [0, 0.05) is 17.6 Å². The number of aromatic nitrogens is 1.